The lowest BCUT2D eigenvalue weighted by Crippen LogP contribution is -2.44. The molecule has 1 fully saturated rings. The standard InChI is InChI=1S/C18H21N3O3/c22-17(19-13-16-7-4-12-24-16)14-8-10-21(11-9-14)18(23)20-15-5-2-1-3-6-15/h1-7,12,14H,8-11,13H2,(H,19,22)(H,20,23). The monoisotopic (exact) mass is 327 g/mol. The minimum Gasteiger partial charge on any atom is -0.467 e. The average molecular weight is 327 g/mol. The van der Waals surface area contributed by atoms with E-state index in [0.717, 1.165) is 11.4 Å². The first-order valence-electron chi connectivity index (χ1n) is 8.13. The van der Waals surface area contributed by atoms with Gasteiger partial charge in [-0.05, 0) is 37.1 Å². The van der Waals surface area contributed by atoms with Crippen molar-refractivity contribution in [2.45, 2.75) is 19.4 Å². The molecule has 0 bridgehead atoms. The molecule has 3 amide bonds. The summed E-state index contributed by atoms with van der Waals surface area (Å²) in [6.45, 7) is 1.57. The number of urea groups is 1. The maximum atomic E-state index is 12.2. The van der Waals surface area contributed by atoms with Crippen LogP contribution in [-0.2, 0) is 11.3 Å². The topological polar surface area (TPSA) is 74.6 Å². The van der Waals surface area contributed by atoms with Crippen LogP contribution in [0.5, 0.6) is 0 Å². The molecule has 2 heterocycles. The van der Waals surface area contributed by atoms with E-state index in [2.05, 4.69) is 10.6 Å². The third-order valence-corrected chi connectivity index (χ3v) is 4.19. The number of piperidine rings is 1. The molecule has 1 aromatic carbocycles. The number of benzene rings is 1. The fraction of sp³-hybridized carbons (Fsp3) is 0.333. The highest BCUT2D eigenvalue weighted by Gasteiger charge is 2.27. The summed E-state index contributed by atoms with van der Waals surface area (Å²) in [5.74, 6) is 0.707. The second-order valence-corrected chi connectivity index (χ2v) is 5.85. The molecule has 1 aliphatic rings. The van der Waals surface area contributed by atoms with E-state index in [0.29, 0.717) is 32.5 Å². The number of hydrogen-bond donors (Lipinski definition) is 2. The Morgan fingerprint density at radius 3 is 2.50 bits per heavy atom. The highest BCUT2D eigenvalue weighted by atomic mass is 16.3. The Bertz CT molecular complexity index is 662. The number of anilines is 1. The molecule has 1 aliphatic heterocycles. The summed E-state index contributed by atoms with van der Waals surface area (Å²) in [6, 6.07) is 12.9. The van der Waals surface area contributed by atoms with Crippen LogP contribution in [-0.4, -0.2) is 29.9 Å². The maximum absolute atomic E-state index is 12.2. The molecule has 6 nitrogen and oxygen atoms in total. The molecule has 24 heavy (non-hydrogen) atoms. The summed E-state index contributed by atoms with van der Waals surface area (Å²) >= 11 is 0. The number of hydrogen-bond acceptors (Lipinski definition) is 3. The number of amides is 3. The lowest BCUT2D eigenvalue weighted by atomic mass is 9.96. The predicted octanol–water partition coefficient (Wildman–Crippen LogP) is 2.84. The van der Waals surface area contributed by atoms with Gasteiger partial charge in [0.2, 0.25) is 5.91 Å². The van der Waals surface area contributed by atoms with Crippen molar-refractivity contribution in [1.82, 2.24) is 10.2 Å². The second kappa shape index (κ2) is 7.68. The van der Waals surface area contributed by atoms with Gasteiger partial charge in [0, 0.05) is 24.7 Å². The van der Waals surface area contributed by atoms with Crippen molar-refractivity contribution in [3.05, 3.63) is 54.5 Å². The van der Waals surface area contributed by atoms with E-state index in [1.807, 2.05) is 36.4 Å². The zero-order chi connectivity index (χ0) is 16.8. The molecule has 0 atom stereocenters. The minimum atomic E-state index is -0.115. The van der Waals surface area contributed by atoms with Crippen molar-refractivity contribution in [3.8, 4) is 0 Å². The molecule has 0 spiro atoms. The Labute approximate surface area is 140 Å². The van der Waals surface area contributed by atoms with Gasteiger partial charge in [-0.15, -0.1) is 0 Å². The molecule has 2 aromatic rings. The van der Waals surface area contributed by atoms with Gasteiger partial charge in [0.1, 0.15) is 5.76 Å². The minimum absolute atomic E-state index is 0.0227. The van der Waals surface area contributed by atoms with Crippen molar-refractivity contribution in [1.29, 1.82) is 0 Å². The van der Waals surface area contributed by atoms with Crippen LogP contribution >= 0.6 is 0 Å². The second-order valence-electron chi connectivity index (χ2n) is 5.85. The van der Waals surface area contributed by atoms with E-state index in [9.17, 15) is 9.59 Å². The molecule has 0 radical (unpaired) electrons. The molecule has 1 aromatic heterocycles. The maximum Gasteiger partial charge on any atom is 0.321 e. The van der Waals surface area contributed by atoms with Gasteiger partial charge in [0.15, 0.2) is 0 Å². The highest BCUT2D eigenvalue weighted by molar-refractivity contribution is 5.89. The quantitative estimate of drug-likeness (QED) is 0.907. The SMILES string of the molecule is O=C(NCc1ccco1)C1CCN(C(=O)Nc2ccccc2)CC1. The van der Waals surface area contributed by atoms with Crippen LogP contribution in [0.2, 0.25) is 0 Å². The van der Waals surface area contributed by atoms with Gasteiger partial charge in [0.05, 0.1) is 12.8 Å². The first kappa shape index (κ1) is 16.1. The average Bonchev–Trinajstić information content (AvgIpc) is 3.14. The summed E-state index contributed by atoms with van der Waals surface area (Å²) in [4.78, 5) is 26.2. The van der Waals surface area contributed by atoms with Gasteiger partial charge in [-0.3, -0.25) is 4.79 Å². The van der Waals surface area contributed by atoms with Crippen molar-refractivity contribution < 1.29 is 14.0 Å². The zero-order valence-corrected chi connectivity index (χ0v) is 13.4. The molecule has 0 aliphatic carbocycles. The van der Waals surface area contributed by atoms with Crippen molar-refractivity contribution in [3.63, 3.8) is 0 Å². The van der Waals surface area contributed by atoms with E-state index >= 15 is 0 Å². The number of furan rings is 1. The van der Waals surface area contributed by atoms with Crippen LogP contribution < -0.4 is 10.6 Å². The fourth-order valence-corrected chi connectivity index (χ4v) is 2.80. The van der Waals surface area contributed by atoms with Crippen molar-refractivity contribution in [2.75, 3.05) is 18.4 Å². The highest BCUT2D eigenvalue weighted by Crippen LogP contribution is 2.18. The van der Waals surface area contributed by atoms with E-state index in [1.54, 1.807) is 17.2 Å². The summed E-state index contributed by atoms with van der Waals surface area (Å²) in [5, 5.41) is 5.76. The zero-order valence-electron chi connectivity index (χ0n) is 13.4. The van der Waals surface area contributed by atoms with E-state index < -0.39 is 0 Å². The molecular formula is C18H21N3O3. The number of carbonyl (C=O) groups excluding carboxylic acids is 2. The van der Waals surface area contributed by atoms with Gasteiger partial charge in [-0.2, -0.15) is 0 Å². The molecule has 3 rings (SSSR count). The molecule has 1 saturated heterocycles. The van der Waals surface area contributed by atoms with Crippen LogP contribution in [0.15, 0.2) is 53.1 Å². The van der Waals surface area contributed by atoms with E-state index in [-0.39, 0.29) is 17.9 Å². The molecule has 0 saturated carbocycles. The van der Waals surface area contributed by atoms with Crippen molar-refractivity contribution >= 4 is 17.6 Å². The first-order valence-corrected chi connectivity index (χ1v) is 8.13. The third kappa shape index (κ3) is 4.16. The molecular weight excluding hydrogens is 306 g/mol. The van der Waals surface area contributed by atoms with Crippen LogP contribution in [0.25, 0.3) is 0 Å². The van der Waals surface area contributed by atoms with Crippen LogP contribution in [0.3, 0.4) is 0 Å². The number of rotatable bonds is 4. The summed E-state index contributed by atoms with van der Waals surface area (Å²) in [7, 11) is 0. The van der Waals surface area contributed by atoms with Gasteiger partial charge < -0.3 is 20.0 Å². The van der Waals surface area contributed by atoms with Crippen molar-refractivity contribution in [2.24, 2.45) is 5.92 Å². The Kier molecular flexibility index (Phi) is 5.15. The van der Waals surface area contributed by atoms with Gasteiger partial charge >= 0.3 is 6.03 Å². The predicted molar refractivity (Wildman–Crippen MR) is 90.3 cm³/mol. The van der Waals surface area contributed by atoms with Crippen LogP contribution in [0, 0.1) is 5.92 Å². The first-order chi connectivity index (χ1) is 11.7. The normalized spacial score (nSPS) is 15.1. The molecule has 6 heteroatoms. The smallest absolute Gasteiger partial charge is 0.321 e. The summed E-state index contributed by atoms with van der Waals surface area (Å²) < 4.78 is 5.20. The molecule has 2 N–H and O–H groups in total. The van der Waals surface area contributed by atoms with Gasteiger partial charge in [-0.1, -0.05) is 18.2 Å². The summed E-state index contributed by atoms with van der Waals surface area (Å²) in [6.07, 6.45) is 2.93. The van der Waals surface area contributed by atoms with E-state index in [1.165, 1.54) is 0 Å². The van der Waals surface area contributed by atoms with Crippen LogP contribution in [0.1, 0.15) is 18.6 Å². The van der Waals surface area contributed by atoms with Crippen LogP contribution in [0.4, 0.5) is 10.5 Å². The number of nitrogens with zero attached hydrogens (tertiary/aromatic N) is 1. The largest absolute Gasteiger partial charge is 0.467 e. The fourth-order valence-electron chi connectivity index (χ4n) is 2.80. The Morgan fingerprint density at radius 2 is 1.83 bits per heavy atom. The van der Waals surface area contributed by atoms with Gasteiger partial charge in [-0.25, -0.2) is 4.79 Å². The summed E-state index contributed by atoms with van der Waals surface area (Å²) in [5.41, 5.74) is 0.779. The number of para-hydroxylation sites is 1. The lowest BCUT2D eigenvalue weighted by molar-refractivity contribution is -0.126. The Morgan fingerprint density at radius 1 is 1.08 bits per heavy atom. The molecule has 0 unspecified atom stereocenters. The lowest BCUT2D eigenvalue weighted by Gasteiger charge is -2.31. The Hall–Kier alpha value is -2.76. The molecule has 126 valence electrons. The third-order valence-electron chi connectivity index (χ3n) is 4.19. The van der Waals surface area contributed by atoms with Gasteiger partial charge in [0.25, 0.3) is 0 Å². The number of likely N-dealkylation sites (tertiary alicyclic amines) is 1. The number of carbonyl (C=O) groups is 2. The number of nitrogens with one attached hydrogen (secondary N) is 2. The van der Waals surface area contributed by atoms with E-state index in [4.69, 9.17) is 4.42 Å². The Balaban J connectivity index is 1.43.